The third-order valence-corrected chi connectivity index (χ3v) is 7.63. The third-order valence-electron chi connectivity index (χ3n) is 7.63. The molecule has 2 fully saturated rings. The van der Waals surface area contributed by atoms with Crippen molar-refractivity contribution in [3.63, 3.8) is 0 Å². The molecule has 2 aliphatic carbocycles. The van der Waals surface area contributed by atoms with E-state index < -0.39 is 6.16 Å². The Morgan fingerprint density at radius 3 is 1.59 bits per heavy atom. The molecule has 0 amide bonds. The molecular formula is C29H40N2O3. The number of hydrogen-bond donors (Lipinski definition) is 0. The Hall–Kier alpha value is -2.43. The van der Waals surface area contributed by atoms with Crippen molar-refractivity contribution in [3.05, 3.63) is 47.8 Å². The maximum atomic E-state index is 12.6. The smallest absolute Gasteiger partial charge is 0.375 e. The van der Waals surface area contributed by atoms with E-state index in [0.29, 0.717) is 11.8 Å². The molecule has 0 aliphatic heterocycles. The van der Waals surface area contributed by atoms with E-state index in [2.05, 4.69) is 9.97 Å². The van der Waals surface area contributed by atoms with Gasteiger partial charge in [-0.1, -0.05) is 89.2 Å². The first-order chi connectivity index (χ1) is 16.8. The molecule has 0 bridgehead atoms. The zero-order chi connectivity index (χ0) is 23.4. The van der Waals surface area contributed by atoms with Crippen LogP contribution in [0.1, 0.15) is 101 Å². The number of hydrogen-bond acceptors (Lipinski definition) is 5. The highest BCUT2D eigenvalue weighted by Gasteiger charge is 2.18. The summed E-state index contributed by atoms with van der Waals surface area (Å²) in [6.07, 6.45) is 22.6. The van der Waals surface area contributed by atoms with Crippen molar-refractivity contribution < 1.29 is 14.3 Å². The van der Waals surface area contributed by atoms with Crippen molar-refractivity contribution in [2.45, 2.75) is 103 Å². The Morgan fingerprint density at radius 2 is 1.15 bits per heavy atom. The molecule has 2 saturated carbocycles. The molecule has 5 nitrogen and oxygen atoms in total. The highest BCUT2D eigenvalue weighted by atomic mass is 16.7. The SMILES string of the molecule is O=C(Oc1ncccc1CCCCC1CCCC1)Oc1ncccc1CCCCC1CCCC1. The molecular weight excluding hydrogens is 424 g/mol. The molecule has 0 unspecified atom stereocenters. The fraction of sp³-hybridized carbons (Fsp3) is 0.621. The van der Waals surface area contributed by atoms with E-state index in [1.54, 1.807) is 12.4 Å². The standard InChI is InChI=1S/C29H40N2O3/c32-29(33-27-25(19-9-21-30-27)17-7-5-15-23-11-1-2-12-23)34-28-26(20-10-22-31-28)18-8-6-16-24-13-3-4-14-24/h9-10,19-24H,1-8,11-18H2. The largest absolute Gasteiger partial charge is 0.522 e. The molecule has 5 heteroatoms. The van der Waals surface area contributed by atoms with E-state index in [9.17, 15) is 4.79 Å². The normalized spacial score (nSPS) is 16.7. The van der Waals surface area contributed by atoms with Crippen LogP contribution in [0.5, 0.6) is 11.8 Å². The van der Waals surface area contributed by atoms with Gasteiger partial charge >= 0.3 is 6.16 Å². The quantitative estimate of drug-likeness (QED) is 0.236. The van der Waals surface area contributed by atoms with E-state index >= 15 is 0 Å². The van der Waals surface area contributed by atoms with Gasteiger partial charge in [0.05, 0.1) is 0 Å². The van der Waals surface area contributed by atoms with Crippen molar-refractivity contribution in [2.24, 2.45) is 11.8 Å². The number of unbranched alkanes of at least 4 members (excludes halogenated alkanes) is 2. The Bertz CT molecular complexity index is 817. The molecule has 0 spiro atoms. The lowest BCUT2D eigenvalue weighted by Gasteiger charge is -2.12. The van der Waals surface area contributed by atoms with Gasteiger partial charge in [0.2, 0.25) is 11.8 Å². The van der Waals surface area contributed by atoms with E-state index in [0.717, 1.165) is 48.6 Å². The van der Waals surface area contributed by atoms with Gasteiger partial charge in [0.25, 0.3) is 0 Å². The number of nitrogens with zero attached hydrogens (tertiary/aromatic N) is 2. The molecule has 34 heavy (non-hydrogen) atoms. The van der Waals surface area contributed by atoms with Crippen LogP contribution in [-0.2, 0) is 12.8 Å². The van der Waals surface area contributed by atoms with Crippen LogP contribution in [0.2, 0.25) is 0 Å². The lowest BCUT2D eigenvalue weighted by Crippen LogP contribution is -2.17. The van der Waals surface area contributed by atoms with Crippen LogP contribution in [0, 0.1) is 11.8 Å². The van der Waals surface area contributed by atoms with Gasteiger partial charge in [-0.3, -0.25) is 0 Å². The number of aromatic nitrogens is 2. The van der Waals surface area contributed by atoms with E-state index in [4.69, 9.17) is 9.47 Å². The molecule has 184 valence electrons. The van der Waals surface area contributed by atoms with Crippen LogP contribution in [-0.4, -0.2) is 16.1 Å². The zero-order valence-corrected chi connectivity index (χ0v) is 20.6. The highest BCUT2D eigenvalue weighted by Crippen LogP contribution is 2.30. The lowest BCUT2D eigenvalue weighted by atomic mass is 9.99. The van der Waals surface area contributed by atoms with Crippen molar-refractivity contribution in [2.75, 3.05) is 0 Å². The van der Waals surface area contributed by atoms with Gasteiger partial charge < -0.3 is 9.47 Å². The van der Waals surface area contributed by atoms with Crippen molar-refractivity contribution >= 4 is 6.16 Å². The molecule has 0 atom stereocenters. The number of pyridine rings is 2. The summed E-state index contributed by atoms with van der Waals surface area (Å²) in [6, 6.07) is 7.77. The molecule has 2 heterocycles. The van der Waals surface area contributed by atoms with Gasteiger partial charge in [-0.25, -0.2) is 14.8 Å². The Balaban J connectivity index is 1.24. The fourth-order valence-electron chi connectivity index (χ4n) is 5.69. The molecule has 0 radical (unpaired) electrons. The minimum Gasteiger partial charge on any atom is -0.375 e. The Kier molecular flexibility index (Phi) is 9.77. The Labute approximate surface area is 204 Å². The third kappa shape index (κ3) is 7.82. The number of ether oxygens (including phenoxy) is 2. The van der Waals surface area contributed by atoms with Gasteiger partial charge in [0.15, 0.2) is 0 Å². The van der Waals surface area contributed by atoms with Crippen molar-refractivity contribution in [1.29, 1.82) is 0 Å². The average Bonchev–Trinajstić information content (AvgIpc) is 3.56. The summed E-state index contributed by atoms with van der Waals surface area (Å²) in [7, 11) is 0. The molecule has 2 aromatic heterocycles. The topological polar surface area (TPSA) is 61.3 Å². The minimum absolute atomic E-state index is 0.349. The predicted molar refractivity (Wildman–Crippen MR) is 134 cm³/mol. The molecule has 2 aliphatic rings. The van der Waals surface area contributed by atoms with Gasteiger partial charge in [-0.2, -0.15) is 0 Å². The first-order valence-electron chi connectivity index (χ1n) is 13.6. The second-order valence-corrected chi connectivity index (χ2v) is 10.2. The van der Waals surface area contributed by atoms with E-state index in [1.165, 1.54) is 77.0 Å². The second-order valence-electron chi connectivity index (χ2n) is 10.2. The molecule has 2 aromatic rings. The van der Waals surface area contributed by atoms with E-state index in [-0.39, 0.29) is 0 Å². The van der Waals surface area contributed by atoms with Crippen molar-refractivity contribution in [1.82, 2.24) is 9.97 Å². The second kappa shape index (κ2) is 13.5. The summed E-state index contributed by atoms with van der Waals surface area (Å²) in [6.45, 7) is 0. The van der Waals surface area contributed by atoms with Gasteiger partial charge in [0, 0.05) is 23.5 Å². The Morgan fingerprint density at radius 1 is 0.706 bits per heavy atom. The average molecular weight is 465 g/mol. The molecule has 0 aromatic carbocycles. The van der Waals surface area contributed by atoms with Crippen LogP contribution in [0.15, 0.2) is 36.7 Å². The summed E-state index contributed by atoms with van der Waals surface area (Å²) in [5, 5.41) is 0. The summed E-state index contributed by atoms with van der Waals surface area (Å²) in [4.78, 5) is 21.2. The highest BCUT2D eigenvalue weighted by molar-refractivity contribution is 5.66. The van der Waals surface area contributed by atoms with Crippen LogP contribution in [0.25, 0.3) is 0 Å². The number of aryl methyl sites for hydroxylation is 2. The molecule has 0 N–H and O–H groups in total. The number of carbonyl (C=O) groups is 1. The molecule has 4 rings (SSSR count). The summed E-state index contributed by atoms with van der Waals surface area (Å²) >= 11 is 0. The van der Waals surface area contributed by atoms with Crippen LogP contribution in [0.4, 0.5) is 4.79 Å². The van der Waals surface area contributed by atoms with Crippen LogP contribution >= 0.6 is 0 Å². The molecule has 0 saturated heterocycles. The zero-order valence-electron chi connectivity index (χ0n) is 20.6. The van der Waals surface area contributed by atoms with Gasteiger partial charge in [-0.15, -0.1) is 0 Å². The minimum atomic E-state index is -0.767. The van der Waals surface area contributed by atoms with Crippen LogP contribution < -0.4 is 9.47 Å². The monoisotopic (exact) mass is 464 g/mol. The fourth-order valence-corrected chi connectivity index (χ4v) is 5.69. The summed E-state index contributed by atoms with van der Waals surface area (Å²) < 4.78 is 11.0. The predicted octanol–water partition coefficient (Wildman–Crippen LogP) is 7.86. The first-order valence-corrected chi connectivity index (χ1v) is 13.6. The first kappa shape index (κ1) is 24.7. The summed E-state index contributed by atoms with van der Waals surface area (Å²) in [5.41, 5.74) is 1.91. The maximum Gasteiger partial charge on any atom is 0.522 e. The van der Waals surface area contributed by atoms with Crippen LogP contribution in [0.3, 0.4) is 0 Å². The maximum absolute atomic E-state index is 12.6. The summed E-state index contributed by atoms with van der Waals surface area (Å²) in [5.74, 6) is 2.52. The van der Waals surface area contributed by atoms with E-state index in [1.807, 2.05) is 24.3 Å². The lowest BCUT2D eigenvalue weighted by molar-refractivity contribution is 0.147. The van der Waals surface area contributed by atoms with Gasteiger partial charge in [-0.05, 0) is 49.7 Å². The number of carbonyl (C=O) groups excluding carboxylic acids is 1. The van der Waals surface area contributed by atoms with Crippen molar-refractivity contribution in [3.8, 4) is 11.8 Å². The number of rotatable bonds is 12. The van der Waals surface area contributed by atoms with Gasteiger partial charge in [0.1, 0.15) is 0 Å².